The van der Waals surface area contributed by atoms with Crippen LogP contribution in [0.2, 0.25) is 0 Å². The van der Waals surface area contributed by atoms with E-state index in [2.05, 4.69) is 17.6 Å². The largest absolute Gasteiger partial charge is 0.354 e. The molecule has 0 aliphatic carbocycles. The Morgan fingerprint density at radius 1 is 1.41 bits per heavy atom. The number of carbonyl (C=O) groups excluding carboxylic acids is 2. The molecule has 5 heteroatoms. The Morgan fingerprint density at radius 2 is 2.24 bits per heavy atom. The van der Waals surface area contributed by atoms with Crippen LogP contribution in [0.5, 0.6) is 0 Å². The second-order valence-electron chi connectivity index (χ2n) is 4.95. The van der Waals surface area contributed by atoms with E-state index >= 15 is 0 Å². The van der Waals surface area contributed by atoms with Crippen molar-refractivity contribution in [2.24, 2.45) is 5.41 Å². The fourth-order valence-electron chi connectivity index (χ4n) is 2.68. The third kappa shape index (κ3) is 2.44. The van der Waals surface area contributed by atoms with Crippen LogP contribution in [-0.4, -0.2) is 49.4 Å². The van der Waals surface area contributed by atoms with Crippen molar-refractivity contribution in [3.63, 3.8) is 0 Å². The molecule has 2 heterocycles. The molecule has 2 rings (SSSR count). The van der Waals surface area contributed by atoms with Gasteiger partial charge in [0.25, 0.3) is 0 Å². The smallest absolute Gasteiger partial charge is 0.230 e. The highest BCUT2D eigenvalue weighted by Gasteiger charge is 2.42. The van der Waals surface area contributed by atoms with E-state index in [1.54, 1.807) is 0 Å². The summed E-state index contributed by atoms with van der Waals surface area (Å²) >= 11 is 0. The Hall–Kier alpha value is -1.10. The first-order valence-corrected chi connectivity index (χ1v) is 6.45. The van der Waals surface area contributed by atoms with Gasteiger partial charge in [0.05, 0.1) is 5.41 Å². The highest BCUT2D eigenvalue weighted by atomic mass is 16.2. The van der Waals surface area contributed by atoms with Crippen LogP contribution in [0.25, 0.3) is 0 Å². The van der Waals surface area contributed by atoms with Crippen molar-refractivity contribution in [3.05, 3.63) is 0 Å². The van der Waals surface area contributed by atoms with Gasteiger partial charge in [-0.1, -0.05) is 6.92 Å². The molecule has 0 aromatic carbocycles. The molecule has 2 amide bonds. The molecular weight excluding hydrogens is 218 g/mol. The zero-order chi connectivity index (χ0) is 12.3. The summed E-state index contributed by atoms with van der Waals surface area (Å²) in [5, 5.41) is 6.08. The minimum atomic E-state index is -0.229. The van der Waals surface area contributed by atoms with Gasteiger partial charge in [0.1, 0.15) is 0 Å². The van der Waals surface area contributed by atoms with Crippen molar-refractivity contribution in [1.82, 2.24) is 15.5 Å². The molecule has 0 saturated carbocycles. The van der Waals surface area contributed by atoms with Gasteiger partial charge in [0, 0.05) is 32.6 Å². The standard InChI is InChI=1S/C12H21N3O2/c1-2-12(4-5-13-9-12)11(17)15-7-3-10(16)14-6-8-15/h13H,2-9H2,1H3,(H,14,16). The van der Waals surface area contributed by atoms with E-state index in [4.69, 9.17) is 0 Å². The number of rotatable bonds is 2. The molecule has 96 valence electrons. The third-order valence-electron chi connectivity index (χ3n) is 3.97. The van der Waals surface area contributed by atoms with Crippen molar-refractivity contribution in [3.8, 4) is 0 Å². The Bertz CT molecular complexity index is 311. The summed E-state index contributed by atoms with van der Waals surface area (Å²) in [5.41, 5.74) is -0.229. The van der Waals surface area contributed by atoms with Gasteiger partial charge in [0.15, 0.2) is 0 Å². The van der Waals surface area contributed by atoms with Crippen LogP contribution in [0.3, 0.4) is 0 Å². The number of carbonyl (C=O) groups is 2. The quantitative estimate of drug-likeness (QED) is 0.697. The second kappa shape index (κ2) is 5.04. The summed E-state index contributed by atoms with van der Waals surface area (Å²) in [7, 11) is 0. The lowest BCUT2D eigenvalue weighted by atomic mass is 9.82. The van der Waals surface area contributed by atoms with Crippen molar-refractivity contribution < 1.29 is 9.59 Å². The normalized spacial score (nSPS) is 29.9. The van der Waals surface area contributed by atoms with Crippen LogP contribution in [0, 0.1) is 5.41 Å². The predicted molar refractivity (Wildman–Crippen MR) is 64.4 cm³/mol. The van der Waals surface area contributed by atoms with Crippen LogP contribution < -0.4 is 10.6 Å². The maximum absolute atomic E-state index is 12.6. The molecule has 0 spiro atoms. The Morgan fingerprint density at radius 3 is 2.88 bits per heavy atom. The van der Waals surface area contributed by atoms with Gasteiger partial charge in [-0.3, -0.25) is 9.59 Å². The molecule has 1 atom stereocenters. The van der Waals surface area contributed by atoms with Crippen LogP contribution in [-0.2, 0) is 9.59 Å². The Balaban J connectivity index is 2.05. The topological polar surface area (TPSA) is 61.4 Å². The number of nitrogens with zero attached hydrogens (tertiary/aromatic N) is 1. The molecular formula is C12H21N3O2. The lowest BCUT2D eigenvalue weighted by Gasteiger charge is -2.32. The summed E-state index contributed by atoms with van der Waals surface area (Å²) in [6.07, 6.45) is 2.22. The Labute approximate surface area is 102 Å². The minimum absolute atomic E-state index is 0.0513. The van der Waals surface area contributed by atoms with E-state index in [-0.39, 0.29) is 17.2 Å². The molecule has 2 N–H and O–H groups in total. The average Bonchev–Trinajstić information content (AvgIpc) is 2.73. The summed E-state index contributed by atoms with van der Waals surface area (Å²) in [6, 6.07) is 0. The van der Waals surface area contributed by atoms with Crippen LogP contribution >= 0.6 is 0 Å². The fraction of sp³-hybridized carbons (Fsp3) is 0.833. The zero-order valence-electron chi connectivity index (χ0n) is 10.4. The molecule has 2 fully saturated rings. The second-order valence-corrected chi connectivity index (χ2v) is 4.95. The molecule has 0 radical (unpaired) electrons. The zero-order valence-corrected chi connectivity index (χ0v) is 10.4. The van der Waals surface area contributed by atoms with E-state index in [1.807, 2.05) is 4.90 Å². The van der Waals surface area contributed by atoms with E-state index in [9.17, 15) is 9.59 Å². The lowest BCUT2D eigenvalue weighted by molar-refractivity contribution is -0.141. The van der Waals surface area contributed by atoms with Crippen LogP contribution in [0.1, 0.15) is 26.2 Å². The van der Waals surface area contributed by atoms with E-state index < -0.39 is 0 Å². The van der Waals surface area contributed by atoms with Crippen LogP contribution in [0.15, 0.2) is 0 Å². The van der Waals surface area contributed by atoms with Crippen molar-refractivity contribution in [2.45, 2.75) is 26.2 Å². The third-order valence-corrected chi connectivity index (χ3v) is 3.97. The lowest BCUT2D eigenvalue weighted by Crippen LogP contribution is -2.46. The highest BCUT2D eigenvalue weighted by Crippen LogP contribution is 2.31. The number of hydrogen-bond donors (Lipinski definition) is 2. The van der Waals surface area contributed by atoms with E-state index in [0.29, 0.717) is 26.1 Å². The fourth-order valence-corrected chi connectivity index (χ4v) is 2.68. The van der Waals surface area contributed by atoms with Gasteiger partial charge in [-0.25, -0.2) is 0 Å². The maximum Gasteiger partial charge on any atom is 0.230 e. The molecule has 1 unspecified atom stereocenters. The number of nitrogens with one attached hydrogen (secondary N) is 2. The molecule has 0 aromatic heterocycles. The van der Waals surface area contributed by atoms with Crippen molar-refractivity contribution in [2.75, 3.05) is 32.7 Å². The molecule has 2 aliphatic heterocycles. The molecule has 17 heavy (non-hydrogen) atoms. The van der Waals surface area contributed by atoms with Crippen molar-refractivity contribution >= 4 is 11.8 Å². The van der Waals surface area contributed by atoms with Crippen LogP contribution in [0.4, 0.5) is 0 Å². The first-order valence-electron chi connectivity index (χ1n) is 6.45. The van der Waals surface area contributed by atoms with Gasteiger partial charge in [0.2, 0.25) is 11.8 Å². The van der Waals surface area contributed by atoms with Gasteiger partial charge < -0.3 is 15.5 Å². The van der Waals surface area contributed by atoms with Gasteiger partial charge in [-0.2, -0.15) is 0 Å². The summed E-state index contributed by atoms with van der Waals surface area (Å²) in [6.45, 7) is 5.56. The first kappa shape index (κ1) is 12.4. The monoisotopic (exact) mass is 239 g/mol. The first-order chi connectivity index (χ1) is 8.18. The Kier molecular flexibility index (Phi) is 3.66. The molecule has 0 aromatic rings. The maximum atomic E-state index is 12.6. The van der Waals surface area contributed by atoms with Gasteiger partial charge in [-0.15, -0.1) is 0 Å². The molecule has 2 aliphatic rings. The predicted octanol–water partition coefficient (Wildman–Crippen LogP) is -0.275. The summed E-state index contributed by atoms with van der Waals surface area (Å²) < 4.78 is 0. The summed E-state index contributed by atoms with van der Waals surface area (Å²) in [4.78, 5) is 25.7. The number of hydrogen-bond acceptors (Lipinski definition) is 3. The molecule has 2 saturated heterocycles. The van der Waals surface area contributed by atoms with Crippen molar-refractivity contribution in [1.29, 1.82) is 0 Å². The van der Waals surface area contributed by atoms with Gasteiger partial charge >= 0.3 is 0 Å². The number of amides is 2. The summed E-state index contributed by atoms with van der Waals surface area (Å²) in [5.74, 6) is 0.275. The molecule has 0 bridgehead atoms. The average molecular weight is 239 g/mol. The molecule has 5 nitrogen and oxygen atoms in total. The van der Waals surface area contributed by atoms with E-state index in [0.717, 1.165) is 25.9 Å². The van der Waals surface area contributed by atoms with Gasteiger partial charge in [-0.05, 0) is 19.4 Å². The minimum Gasteiger partial charge on any atom is -0.354 e. The highest BCUT2D eigenvalue weighted by molar-refractivity contribution is 5.85. The van der Waals surface area contributed by atoms with E-state index in [1.165, 1.54) is 0 Å². The SMILES string of the molecule is CCC1(C(=O)N2CCNC(=O)CC2)CCNC1.